The van der Waals surface area contributed by atoms with Crippen molar-refractivity contribution in [3.8, 4) is 0 Å². The first-order chi connectivity index (χ1) is 13.9. The molecular formula is C21H20ClN5OS. The number of aryl methyl sites for hydroxylation is 1. The average molecular weight is 426 g/mol. The normalized spacial score (nSPS) is 15.8. The Balaban J connectivity index is 1.69. The number of benzene rings is 2. The minimum Gasteiger partial charge on any atom is -0.366 e. The second-order valence-electron chi connectivity index (χ2n) is 6.88. The summed E-state index contributed by atoms with van der Waals surface area (Å²) < 4.78 is 1.73. The third kappa shape index (κ3) is 3.88. The molecule has 148 valence electrons. The molecule has 4 rings (SSSR count). The van der Waals surface area contributed by atoms with E-state index < -0.39 is 11.9 Å². The number of nitrogens with one attached hydrogen (secondary N) is 1. The Morgan fingerprint density at radius 3 is 2.62 bits per heavy atom. The van der Waals surface area contributed by atoms with Gasteiger partial charge >= 0.3 is 0 Å². The largest absolute Gasteiger partial charge is 0.366 e. The van der Waals surface area contributed by atoms with Crippen LogP contribution in [-0.2, 0) is 10.5 Å². The van der Waals surface area contributed by atoms with Crippen LogP contribution in [-0.4, -0.2) is 20.7 Å². The van der Waals surface area contributed by atoms with Crippen molar-refractivity contribution in [1.29, 1.82) is 0 Å². The van der Waals surface area contributed by atoms with Gasteiger partial charge < -0.3 is 11.1 Å². The van der Waals surface area contributed by atoms with Crippen LogP contribution in [0.5, 0.6) is 0 Å². The minimum absolute atomic E-state index is 0.425. The maximum absolute atomic E-state index is 12.2. The lowest BCUT2D eigenvalue weighted by Gasteiger charge is -2.27. The smallest absolute Gasteiger partial charge is 0.248 e. The number of amides is 1. The monoisotopic (exact) mass is 425 g/mol. The van der Waals surface area contributed by atoms with Gasteiger partial charge in [-0.15, -0.1) is 5.10 Å². The zero-order valence-corrected chi connectivity index (χ0v) is 17.6. The highest BCUT2D eigenvalue weighted by Crippen LogP contribution is 2.36. The van der Waals surface area contributed by atoms with Crippen molar-refractivity contribution in [2.75, 3.05) is 5.32 Å². The lowest BCUT2D eigenvalue weighted by molar-refractivity contribution is -0.115. The molecule has 0 fully saturated rings. The number of nitrogens with zero attached hydrogens (tertiary/aromatic N) is 3. The molecule has 2 heterocycles. The summed E-state index contributed by atoms with van der Waals surface area (Å²) in [5.74, 6) is 0.750. The van der Waals surface area contributed by atoms with Gasteiger partial charge in [-0.2, -0.15) is 4.98 Å². The predicted octanol–water partition coefficient (Wildman–Crippen LogP) is 4.31. The number of thioether (sulfide) groups is 1. The Morgan fingerprint density at radius 2 is 1.93 bits per heavy atom. The van der Waals surface area contributed by atoms with Crippen molar-refractivity contribution in [2.45, 2.75) is 30.8 Å². The first-order valence-electron chi connectivity index (χ1n) is 9.11. The second-order valence-corrected chi connectivity index (χ2v) is 8.23. The van der Waals surface area contributed by atoms with E-state index in [-0.39, 0.29) is 0 Å². The van der Waals surface area contributed by atoms with Gasteiger partial charge in [0.25, 0.3) is 0 Å². The van der Waals surface area contributed by atoms with E-state index in [2.05, 4.69) is 15.4 Å². The quantitative estimate of drug-likeness (QED) is 0.595. The number of primary amides is 1. The Hall–Kier alpha value is -2.77. The number of allylic oxidation sites excluding steroid dienone is 1. The number of halogens is 1. The van der Waals surface area contributed by atoms with E-state index in [1.54, 1.807) is 4.68 Å². The van der Waals surface area contributed by atoms with E-state index in [1.807, 2.05) is 62.4 Å². The van der Waals surface area contributed by atoms with E-state index in [0.29, 0.717) is 33.2 Å². The number of nitrogens with two attached hydrogens (primary N) is 1. The van der Waals surface area contributed by atoms with E-state index in [9.17, 15) is 4.79 Å². The highest BCUT2D eigenvalue weighted by Gasteiger charge is 2.33. The number of anilines is 1. The molecule has 0 aliphatic carbocycles. The van der Waals surface area contributed by atoms with Crippen LogP contribution >= 0.6 is 23.4 Å². The molecule has 1 atom stereocenters. The number of aromatic nitrogens is 3. The Morgan fingerprint density at radius 1 is 1.21 bits per heavy atom. The summed E-state index contributed by atoms with van der Waals surface area (Å²) in [5, 5.41) is 9.14. The first kappa shape index (κ1) is 19.5. The minimum atomic E-state index is -0.480. The predicted molar refractivity (Wildman–Crippen MR) is 116 cm³/mol. The first-order valence-corrected chi connectivity index (χ1v) is 10.5. The molecule has 1 aliphatic heterocycles. The van der Waals surface area contributed by atoms with Crippen LogP contribution in [0.3, 0.4) is 0 Å². The van der Waals surface area contributed by atoms with Crippen LogP contribution < -0.4 is 11.1 Å². The standard InChI is InChI=1S/C21H20ClN5OS/c1-12-7-9-14(10-8-12)18-17(19(23)28)13(2)24-20-25-21(26-27(18)20)29-11-15-5-3-4-6-16(15)22/h3-10,18H,11H2,1-2H3,(H2,23,28)(H,24,25,26)/t18-/m1/s1. The van der Waals surface area contributed by atoms with Crippen LogP contribution in [0.15, 0.2) is 65.0 Å². The van der Waals surface area contributed by atoms with Crippen LogP contribution in [0.2, 0.25) is 5.02 Å². The van der Waals surface area contributed by atoms with Crippen LogP contribution in [0.4, 0.5) is 5.95 Å². The van der Waals surface area contributed by atoms with Crippen LogP contribution in [0, 0.1) is 6.92 Å². The summed E-state index contributed by atoms with van der Waals surface area (Å²) in [6, 6.07) is 15.3. The third-order valence-corrected chi connectivity index (χ3v) is 6.06. The molecule has 3 N–H and O–H groups in total. The fraction of sp³-hybridized carbons (Fsp3) is 0.190. The number of hydrogen-bond donors (Lipinski definition) is 2. The summed E-state index contributed by atoms with van der Waals surface area (Å²) in [4.78, 5) is 16.8. The van der Waals surface area contributed by atoms with Gasteiger partial charge in [0.2, 0.25) is 17.0 Å². The Kier molecular flexibility index (Phi) is 5.34. The second kappa shape index (κ2) is 7.93. The van der Waals surface area contributed by atoms with Gasteiger partial charge in [-0.3, -0.25) is 4.79 Å². The van der Waals surface area contributed by atoms with Crippen molar-refractivity contribution in [3.05, 3.63) is 81.5 Å². The zero-order valence-electron chi connectivity index (χ0n) is 16.0. The van der Waals surface area contributed by atoms with Gasteiger partial charge in [0.05, 0.1) is 5.57 Å². The molecule has 0 saturated heterocycles. The molecule has 2 aromatic carbocycles. The highest BCUT2D eigenvalue weighted by molar-refractivity contribution is 7.98. The van der Waals surface area contributed by atoms with Crippen molar-refractivity contribution in [3.63, 3.8) is 0 Å². The van der Waals surface area contributed by atoms with Gasteiger partial charge in [0, 0.05) is 16.5 Å². The van der Waals surface area contributed by atoms with E-state index in [4.69, 9.17) is 17.3 Å². The topological polar surface area (TPSA) is 85.8 Å². The molecule has 1 aromatic heterocycles. The molecule has 0 saturated carbocycles. The van der Waals surface area contributed by atoms with Gasteiger partial charge in [-0.05, 0) is 31.0 Å². The Labute approximate surface area is 178 Å². The molecule has 1 aliphatic rings. The fourth-order valence-electron chi connectivity index (χ4n) is 3.33. The average Bonchev–Trinajstić information content (AvgIpc) is 3.09. The maximum Gasteiger partial charge on any atom is 0.248 e. The number of fused-ring (bicyclic) bond motifs is 1. The van der Waals surface area contributed by atoms with Crippen molar-refractivity contribution >= 4 is 35.2 Å². The maximum atomic E-state index is 12.2. The fourth-order valence-corrected chi connectivity index (χ4v) is 4.44. The zero-order chi connectivity index (χ0) is 20.5. The summed E-state index contributed by atoms with van der Waals surface area (Å²) >= 11 is 7.74. The highest BCUT2D eigenvalue weighted by atomic mass is 35.5. The number of carbonyl (C=O) groups is 1. The molecule has 0 spiro atoms. The SMILES string of the molecule is CC1=C(C(N)=O)[C@@H](c2ccc(C)cc2)n2nc(SCc3ccccc3Cl)nc2N1. The van der Waals surface area contributed by atoms with Gasteiger partial charge in [0.1, 0.15) is 6.04 Å². The van der Waals surface area contributed by atoms with Crippen molar-refractivity contribution < 1.29 is 4.79 Å². The van der Waals surface area contributed by atoms with Crippen molar-refractivity contribution in [2.24, 2.45) is 5.73 Å². The van der Waals surface area contributed by atoms with Gasteiger partial charge in [-0.25, -0.2) is 4.68 Å². The molecule has 6 nitrogen and oxygen atoms in total. The number of rotatable bonds is 5. The molecule has 1 amide bonds. The third-order valence-electron chi connectivity index (χ3n) is 4.81. The lowest BCUT2D eigenvalue weighted by atomic mass is 9.95. The van der Waals surface area contributed by atoms with Crippen LogP contribution in [0.25, 0.3) is 0 Å². The summed E-state index contributed by atoms with van der Waals surface area (Å²) in [6.45, 7) is 3.85. The number of carbonyl (C=O) groups excluding carboxylic acids is 1. The molecule has 29 heavy (non-hydrogen) atoms. The van der Waals surface area contributed by atoms with E-state index in [1.165, 1.54) is 11.8 Å². The molecular weight excluding hydrogens is 406 g/mol. The summed E-state index contributed by atoms with van der Waals surface area (Å²) in [7, 11) is 0. The molecule has 0 radical (unpaired) electrons. The van der Waals surface area contributed by atoms with Gasteiger partial charge in [0.15, 0.2) is 0 Å². The van der Waals surface area contributed by atoms with Crippen LogP contribution in [0.1, 0.15) is 29.7 Å². The number of hydrogen-bond acceptors (Lipinski definition) is 5. The molecule has 0 bridgehead atoms. The summed E-state index contributed by atoms with van der Waals surface area (Å²) in [5.41, 5.74) is 9.96. The summed E-state index contributed by atoms with van der Waals surface area (Å²) in [6.07, 6.45) is 0. The lowest BCUT2D eigenvalue weighted by Crippen LogP contribution is -2.31. The molecule has 3 aromatic rings. The Bertz CT molecular complexity index is 1110. The van der Waals surface area contributed by atoms with E-state index >= 15 is 0 Å². The van der Waals surface area contributed by atoms with E-state index in [0.717, 1.165) is 16.7 Å². The molecule has 0 unspecified atom stereocenters. The van der Waals surface area contributed by atoms with Gasteiger partial charge in [-0.1, -0.05) is 71.4 Å². The molecule has 8 heteroatoms. The van der Waals surface area contributed by atoms with Crippen molar-refractivity contribution in [1.82, 2.24) is 14.8 Å².